The van der Waals surface area contributed by atoms with Crippen LogP contribution in [-0.2, 0) is 19.6 Å². The molecule has 1 aliphatic rings. The average Bonchev–Trinajstić information content (AvgIpc) is 2.85. The number of hydrogen-bond acceptors (Lipinski definition) is 4. The molecule has 0 N–H and O–H groups in total. The van der Waals surface area contributed by atoms with E-state index in [9.17, 15) is 18.0 Å². The number of hydrogen-bond donors (Lipinski definition) is 0. The molecule has 1 aliphatic heterocycles. The summed E-state index contributed by atoms with van der Waals surface area (Å²) in [6.45, 7) is -0.188. The highest BCUT2D eigenvalue weighted by Crippen LogP contribution is 2.30. The molecule has 1 saturated heterocycles. The zero-order valence-electron chi connectivity index (χ0n) is 11.8. The van der Waals surface area contributed by atoms with Crippen molar-refractivity contribution in [1.82, 2.24) is 4.31 Å². The highest BCUT2D eigenvalue weighted by Gasteiger charge is 2.45. The second-order valence-electron chi connectivity index (χ2n) is 5.12. The molecule has 0 unspecified atom stereocenters. The zero-order valence-corrected chi connectivity index (χ0v) is 13.4. The third-order valence-corrected chi connectivity index (χ3v) is 5.72. The third kappa shape index (κ3) is 2.75. The number of rotatable bonds is 3. The quantitative estimate of drug-likeness (QED) is 0.797. The molecule has 1 amide bonds. The van der Waals surface area contributed by atoms with Crippen molar-refractivity contribution in [3.05, 3.63) is 65.2 Å². The predicted molar refractivity (Wildman–Crippen MR) is 84.5 cm³/mol. The van der Waals surface area contributed by atoms with Crippen LogP contribution in [0.5, 0.6) is 0 Å². The molecule has 1 heterocycles. The lowest BCUT2D eigenvalue weighted by atomic mass is 9.97. The predicted octanol–water partition coefficient (Wildman–Crippen LogP) is 2.22. The van der Waals surface area contributed by atoms with Crippen molar-refractivity contribution in [3.8, 4) is 0 Å². The van der Waals surface area contributed by atoms with Crippen LogP contribution in [0.3, 0.4) is 0 Å². The first-order valence-electron chi connectivity index (χ1n) is 6.82. The van der Waals surface area contributed by atoms with E-state index in [0.29, 0.717) is 14.9 Å². The van der Waals surface area contributed by atoms with Gasteiger partial charge in [0, 0.05) is 5.02 Å². The highest BCUT2D eigenvalue weighted by molar-refractivity contribution is 7.89. The van der Waals surface area contributed by atoms with E-state index in [4.69, 9.17) is 11.6 Å². The molecule has 23 heavy (non-hydrogen) atoms. The Morgan fingerprint density at radius 2 is 1.57 bits per heavy atom. The molecule has 2 aromatic rings. The maximum Gasteiger partial charge on any atom is 0.304 e. The van der Waals surface area contributed by atoms with Crippen LogP contribution in [0, 0.1) is 0 Å². The molecule has 0 bridgehead atoms. The van der Waals surface area contributed by atoms with E-state index in [-0.39, 0.29) is 11.4 Å². The van der Waals surface area contributed by atoms with Crippen molar-refractivity contribution in [2.24, 2.45) is 0 Å². The van der Waals surface area contributed by atoms with Crippen LogP contribution < -0.4 is 0 Å². The second-order valence-corrected chi connectivity index (χ2v) is 7.42. The maximum atomic E-state index is 12.6. The zero-order chi connectivity index (χ0) is 16.6. The van der Waals surface area contributed by atoms with Crippen molar-refractivity contribution < 1.29 is 18.0 Å². The number of benzene rings is 2. The van der Waals surface area contributed by atoms with Gasteiger partial charge in [0.1, 0.15) is 0 Å². The van der Waals surface area contributed by atoms with Gasteiger partial charge in [-0.15, -0.1) is 0 Å². The Morgan fingerprint density at radius 1 is 0.957 bits per heavy atom. The summed E-state index contributed by atoms with van der Waals surface area (Å²) in [6, 6.07) is 14.1. The number of ketones is 1. The second kappa shape index (κ2) is 5.79. The number of sulfonamides is 1. The minimum Gasteiger partial charge on any atom is -0.288 e. The van der Waals surface area contributed by atoms with Crippen LogP contribution in [0.2, 0.25) is 5.02 Å². The van der Waals surface area contributed by atoms with Crippen LogP contribution in [-0.4, -0.2) is 31.0 Å². The van der Waals surface area contributed by atoms with Crippen LogP contribution in [0.4, 0.5) is 0 Å². The SMILES string of the molecule is O=C1C(=O)N(S(=O)(=O)c2ccc(Cl)cc2)C[C@H]1c1ccccc1. The van der Waals surface area contributed by atoms with Crippen molar-refractivity contribution in [2.75, 3.05) is 6.54 Å². The van der Waals surface area contributed by atoms with Crippen molar-refractivity contribution in [1.29, 1.82) is 0 Å². The molecule has 2 aromatic carbocycles. The van der Waals surface area contributed by atoms with Gasteiger partial charge < -0.3 is 0 Å². The average molecular weight is 350 g/mol. The summed E-state index contributed by atoms with van der Waals surface area (Å²) in [5.74, 6) is -2.49. The van der Waals surface area contributed by atoms with E-state index < -0.39 is 27.6 Å². The summed E-state index contributed by atoms with van der Waals surface area (Å²) in [6.07, 6.45) is 0. The molecule has 3 rings (SSSR count). The van der Waals surface area contributed by atoms with Crippen molar-refractivity contribution in [3.63, 3.8) is 0 Å². The Morgan fingerprint density at radius 3 is 2.17 bits per heavy atom. The standard InChI is InChI=1S/C16H12ClNO4S/c17-12-6-8-13(9-7-12)23(21,22)18-10-14(15(19)16(18)20)11-4-2-1-3-5-11/h1-9,14H,10H2/t14-/m0/s1. The first-order chi connectivity index (χ1) is 10.9. The van der Waals surface area contributed by atoms with E-state index in [1.165, 1.54) is 24.3 Å². The Kier molecular flexibility index (Phi) is 3.95. The number of carbonyl (C=O) groups is 2. The maximum absolute atomic E-state index is 12.6. The molecular formula is C16H12ClNO4S. The number of Topliss-reactive ketones (excluding diaryl/α,β-unsaturated/α-hetero) is 1. The van der Waals surface area contributed by atoms with Gasteiger partial charge in [0.25, 0.3) is 10.0 Å². The minimum absolute atomic E-state index is 0.0724. The summed E-state index contributed by atoms with van der Waals surface area (Å²) < 4.78 is 25.8. The van der Waals surface area contributed by atoms with Gasteiger partial charge in [0.2, 0.25) is 5.78 Å². The lowest BCUT2D eigenvalue weighted by Crippen LogP contribution is -2.33. The minimum atomic E-state index is -4.07. The molecule has 7 heteroatoms. The van der Waals surface area contributed by atoms with Crippen LogP contribution in [0.1, 0.15) is 11.5 Å². The van der Waals surface area contributed by atoms with Gasteiger partial charge in [-0.1, -0.05) is 41.9 Å². The van der Waals surface area contributed by atoms with Gasteiger partial charge in [-0.25, -0.2) is 12.7 Å². The van der Waals surface area contributed by atoms with Gasteiger partial charge in [0.15, 0.2) is 0 Å². The summed E-state index contributed by atoms with van der Waals surface area (Å²) in [7, 11) is -4.07. The molecule has 0 spiro atoms. The van der Waals surface area contributed by atoms with Crippen LogP contribution in [0.25, 0.3) is 0 Å². The Bertz CT molecular complexity index is 863. The van der Waals surface area contributed by atoms with Gasteiger partial charge in [-0.3, -0.25) is 9.59 Å². The third-order valence-electron chi connectivity index (χ3n) is 3.71. The monoisotopic (exact) mass is 349 g/mol. The van der Waals surface area contributed by atoms with Gasteiger partial charge in [-0.05, 0) is 29.8 Å². The van der Waals surface area contributed by atoms with Gasteiger partial charge in [0.05, 0.1) is 17.4 Å². The van der Waals surface area contributed by atoms with Crippen molar-refractivity contribution >= 4 is 33.3 Å². The molecule has 0 saturated carbocycles. The van der Waals surface area contributed by atoms with Gasteiger partial charge in [-0.2, -0.15) is 0 Å². The summed E-state index contributed by atoms with van der Waals surface area (Å²) >= 11 is 5.75. The molecule has 0 radical (unpaired) electrons. The van der Waals surface area contributed by atoms with Crippen molar-refractivity contribution in [2.45, 2.75) is 10.8 Å². The molecule has 1 atom stereocenters. The molecule has 1 fully saturated rings. The Hall–Kier alpha value is -2.18. The fraction of sp³-hybridized carbons (Fsp3) is 0.125. The number of carbonyl (C=O) groups excluding carboxylic acids is 2. The smallest absolute Gasteiger partial charge is 0.288 e. The van der Waals surface area contributed by atoms with E-state index in [1.807, 2.05) is 0 Å². The number of halogens is 1. The van der Waals surface area contributed by atoms with E-state index in [2.05, 4.69) is 0 Å². The van der Waals surface area contributed by atoms with Gasteiger partial charge >= 0.3 is 5.91 Å². The number of amides is 1. The highest BCUT2D eigenvalue weighted by atomic mass is 35.5. The number of nitrogens with zero attached hydrogens (tertiary/aromatic N) is 1. The lowest BCUT2D eigenvalue weighted by molar-refractivity contribution is -0.138. The van der Waals surface area contributed by atoms with Crippen LogP contribution >= 0.6 is 11.6 Å². The first kappa shape index (κ1) is 15.7. The largest absolute Gasteiger partial charge is 0.304 e. The summed E-state index contributed by atoms with van der Waals surface area (Å²) in [5.41, 5.74) is 0.625. The summed E-state index contributed by atoms with van der Waals surface area (Å²) in [5, 5.41) is 0.384. The van der Waals surface area contributed by atoms with Crippen LogP contribution in [0.15, 0.2) is 59.5 Å². The Labute approximate surface area is 138 Å². The topological polar surface area (TPSA) is 71.5 Å². The van der Waals surface area contributed by atoms with E-state index in [1.54, 1.807) is 30.3 Å². The lowest BCUT2D eigenvalue weighted by Gasteiger charge is -2.16. The normalized spacial score (nSPS) is 18.5. The fourth-order valence-corrected chi connectivity index (χ4v) is 4.00. The Balaban J connectivity index is 1.96. The molecule has 118 valence electrons. The molecule has 0 aliphatic carbocycles. The first-order valence-corrected chi connectivity index (χ1v) is 8.64. The fourth-order valence-electron chi connectivity index (χ4n) is 2.49. The van der Waals surface area contributed by atoms with E-state index >= 15 is 0 Å². The molecule has 0 aromatic heterocycles. The summed E-state index contributed by atoms with van der Waals surface area (Å²) in [4.78, 5) is 24.2. The van der Waals surface area contributed by atoms with E-state index in [0.717, 1.165) is 0 Å². The molecular weight excluding hydrogens is 338 g/mol. The molecule has 5 nitrogen and oxygen atoms in total.